The molecule has 0 fully saturated rings. The third-order valence-corrected chi connectivity index (χ3v) is 3.38. The molecule has 20 heavy (non-hydrogen) atoms. The van der Waals surface area contributed by atoms with Crippen LogP contribution in [-0.4, -0.2) is 19.5 Å². The number of nitrogen functional groups attached to an aromatic ring is 1. The average Bonchev–Trinajstić information content (AvgIpc) is 2.81. The van der Waals surface area contributed by atoms with Crippen molar-refractivity contribution in [2.75, 3.05) is 5.43 Å². The van der Waals surface area contributed by atoms with Crippen molar-refractivity contribution in [2.45, 2.75) is 20.8 Å². The molecule has 0 aliphatic rings. The van der Waals surface area contributed by atoms with Gasteiger partial charge in [0.25, 0.3) is 0 Å². The van der Waals surface area contributed by atoms with Gasteiger partial charge in [0.2, 0.25) is 0 Å². The van der Waals surface area contributed by atoms with E-state index >= 15 is 0 Å². The van der Waals surface area contributed by atoms with Crippen molar-refractivity contribution in [2.24, 2.45) is 5.84 Å². The molecule has 0 saturated heterocycles. The first kappa shape index (κ1) is 12.6. The summed E-state index contributed by atoms with van der Waals surface area (Å²) in [6, 6.07) is 5.99. The second-order valence-electron chi connectivity index (χ2n) is 4.84. The van der Waals surface area contributed by atoms with Crippen LogP contribution in [0.5, 0.6) is 0 Å². The lowest BCUT2D eigenvalue weighted by molar-refractivity contribution is 0.952. The van der Waals surface area contributed by atoms with Gasteiger partial charge in [-0.15, -0.1) is 0 Å². The number of rotatable bonds is 2. The number of aryl methyl sites for hydroxylation is 3. The molecule has 1 aromatic carbocycles. The van der Waals surface area contributed by atoms with Crippen LogP contribution in [-0.2, 0) is 0 Å². The molecule has 0 radical (unpaired) electrons. The van der Waals surface area contributed by atoms with Crippen molar-refractivity contribution in [3.63, 3.8) is 0 Å². The SMILES string of the molecule is Cc1nc(NN)cc(-n2cnc3cc(C)c(C)cc32)n1. The fraction of sp³-hybridized carbons (Fsp3) is 0.214. The lowest BCUT2D eigenvalue weighted by atomic mass is 10.1. The van der Waals surface area contributed by atoms with Gasteiger partial charge in [-0.1, -0.05) is 0 Å². The Morgan fingerprint density at radius 3 is 2.55 bits per heavy atom. The predicted octanol–water partition coefficient (Wildman–Crippen LogP) is 2.03. The molecule has 0 aliphatic carbocycles. The first-order chi connectivity index (χ1) is 9.58. The van der Waals surface area contributed by atoms with Crippen LogP contribution in [0.15, 0.2) is 24.5 Å². The molecule has 0 amide bonds. The minimum Gasteiger partial charge on any atom is -0.308 e. The van der Waals surface area contributed by atoms with Gasteiger partial charge < -0.3 is 5.43 Å². The monoisotopic (exact) mass is 268 g/mol. The number of fused-ring (bicyclic) bond motifs is 1. The largest absolute Gasteiger partial charge is 0.308 e. The Morgan fingerprint density at radius 2 is 1.80 bits per heavy atom. The zero-order valence-electron chi connectivity index (χ0n) is 11.7. The van der Waals surface area contributed by atoms with E-state index in [4.69, 9.17) is 5.84 Å². The highest BCUT2D eigenvalue weighted by Gasteiger charge is 2.09. The molecule has 0 unspecified atom stereocenters. The van der Waals surface area contributed by atoms with E-state index < -0.39 is 0 Å². The van der Waals surface area contributed by atoms with E-state index in [1.807, 2.05) is 11.5 Å². The lowest BCUT2D eigenvalue weighted by Gasteiger charge is -2.08. The highest BCUT2D eigenvalue weighted by atomic mass is 15.3. The van der Waals surface area contributed by atoms with Crippen molar-refractivity contribution < 1.29 is 0 Å². The Hall–Kier alpha value is -2.47. The van der Waals surface area contributed by atoms with E-state index in [0.717, 1.165) is 16.9 Å². The number of aromatic nitrogens is 4. The molecular formula is C14H16N6. The lowest BCUT2D eigenvalue weighted by Crippen LogP contribution is -2.11. The van der Waals surface area contributed by atoms with Crippen LogP contribution >= 0.6 is 0 Å². The van der Waals surface area contributed by atoms with Gasteiger partial charge >= 0.3 is 0 Å². The summed E-state index contributed by atoms with van der Waals surface area (Å²) in [6.45, 7) is 6.00. The summed E-state index contributed by atoms with van der Waals surface area (Å²) in [5, 5.41) is 0. The van der Waals surface area contributed by atoms with Crippen LogP contribution in [0, 0.1) is 20.8 Å². The minimum atomic E-state index is 0.582. The van der Waals surface area contributed by atoms with Crippen molar-refractivity contribution in [3.05, 3.63) is 41.5 Å². The van der Waals surface area contributed by atoms with E-state index in [0.29, 0.717) is 11.6 Å². The summed E-state index contributed by atoms with van der Waals surface area (Å²) < 4.78 is 1.94. The molecule has 0 aliphatic heterocycles. The number of nitrogens with zero attached hydrogens (tertiary/aromatic N) is 4. The van der Waals surface area contributed by atoms with Crippen LogP contribution < -0.4 is 11.3 Å². The minimum absolute atomic E-state index is 0.582. The Kier molecular flexibility index (Phi) is 2.87. The predicted molar refractivity (Wildman–Crippen MR) is 78.7 cm³/mol. The van der Waals surface area contributed by atoms with Gasteiger partial charge in [-0.2, -0.15) is 0 Å². The maximum Gasteiger partial charge on any atom is 0.145 e. The number of hydrazine groups is 1. The highest BCUT2D eigenvalue weighted by Crippen LogP contribution is 2.21. The number of nitrogens with one attached hydrogen (secondary N) is 1. The van der Waals surface area contributed by atoms with Crippen molar-refractivity contribution in [1.82, 2.24) is 19.5 Å². The number of imidazole rings is 1. The van der Waals surface area contributed by atoms with Crippen molar-refractivity contribution in [1.29, 1.82) is 0 Å². The first-order valence-electron chi connectivity index (χ1n) is 6.35. The summed E-state index contributed by atoms with van der Waals surface area (Å²) >= 11 is 0. The maximum atomic E-state index is 5.43. The van der Waals surface area contributed by atoms with Gasteiger partial charge in [-0.25, -0.2) is 20.8 Å². The van der Waals surface area contributed by atoms with Gasteiger partial charge in [-0.05, 0) is 44.0 Å². The molecule has 3 aromatic rings. The molecule has 6 heteroatoms. The molecule has 102 valence electrons. The molecule has 2 heterocycles. The van der Waals surface area contributed by atoms with Crippen LogP contribution in [0.1, 0.15) is 17.0 Å². The van der Waals surface area contributed by atoms with Gasteiger partial charge in [-0.3, -0.25) is 4.57 Å². The molecule has 0 atom stereocenters. The second-order valence-corrected chi connectivity index (χ2v) is 4.84. The normalized spacial score (nSPS) is 11.0. The van der Waals surface area contributed by atoms with E-state index in [1.54, 1.807) is 12.4 Å². The third-order valence-electron chi connectivity index (χ3n) is 3.38. The van der Waals surface area contributed by atoms with Crippen LogP contribution in [0.2, 0.25) is 0 Å². The number of hydrogen-bond acceptors (Lipinski definition) is 5. The maximum absolute atomic E-state index is 5.43. The van der Waals surface area contributed by atoms with Gasteiger partial charge in [0.1, 0.15) is 23.8 Å². The zero-order chi connectivity index (χ0) is 14.3. The summed E-state index contributed by atoms with van der Waals surface area (Å²) in [7, 11) is 0. The Labute approximate surface area is 116 Å². The summed E-state index contributed by atoms with van der Waals surface area (Å²) in [6.07, 6.45) is 1.77. The van der Waals surface area contributed by atoms with Gasteiger partial charge in [0, 0.05) is 6.07 Å². The highest BCUT2D eigenvalue weighted by molar-refractivity contribution is 5.79. The Bertz CT molecular complexity index is 790. The van der Waals surface area contributed by atoms with Crippen LogP contribution in [0.25, 0.3) is 16.9 Å². The second kappa shape index (κ2) is 4.57. The van der Waals surface area contributed by atoms with Crippen LogP contribution in [0.3, 0.4) is 0 Å². The van der Waals surface area contributed by atoms with Crippen LogP contribution in [0.4, 0.5) is 5.82 Å². The first-order valence-corrected chi connectivity index (χ1v) is 6.35. The summed E-state index contributed by atoms with van der Waals surface area (Å²) in [5.74, 6) is 7.41. The quantitative estimate of drug-likeness (QED) is 0.549. The summed E-state index contributed by atoms with van der Waals surface area (Å²) in [5.41, 5.74) is 6.98. The Morgan fingerprint density at radius 1 is 1.05 bits per heavy atom. The fourth-order valence-corrected chi connectivity index (χ4v) is 2.20. The zero-order valence-corrected chi connectivity index (χ0v) is 11.7. The Balaban J connectivity index is 2.24. The number of benzene rings is 1. The van der Waals surface area contributed by atoms with E-state index in [2.05, 4.69) is 46.4 Å². The van der Waals surface area contributed by atoms with E-state index in [1.165, 1.54) is 11.1 Å². The average molecular weight is 268 g/mol. The van der Waals surface area contributed by atoms with Gasteiger partial charge in [0.15, 0.2) is 0 Å². The molecule has 0 spiro atoms. The van der Waals surface area contributed by atoms with Gasteiger partial charge in [0.05, 0.1) is 11.0 Å². The van der Waals surface area contributed by atoms with Crippen molar-refractivity contribution in [3.8, 4) is 5.82 Å². The number of anilines is 1. The number of hydrogen-bond donors (Lipinski definition) is 2. The molecular weight excluding hydrogens is 252 g/mol. The van der Waals surface area contributed by atoms with E-state index in [-0.39, 0.29) is 0 Å². The molecule has 2 aromatic heterocycles. The smallest absolute Gasteiger partial charge is 0.145 e. The molecule has 0 saturated carbocycles. The standard InChI is InChI=1S/C14H16N6/c1-8-4-11-12(5-9(8)2)20(7-16-11)14-6-13(19-15)17-10(3)18-14/h4-7H,15H2,1-3H3,(H,17,18,19). The molecule has 0 bridgehead atoms. The fourth-order valence-electron chi connectivity index (χ4n) is 2.20. The van der Waals surface area contributed by atoms with Crippen molar-refractivity contribution >= 4 is 16.9 Å². The topological polar surface area (TPSA) is 81.6 Å². The number of nitrogens with two attached hydrogens (primary N) is 1. The van der Waals surface area contributed by atoms with E-state index in [9.17, 15) is 0 Å². The molecule has 3 N–H and O–H groups in total. The third kappa shape index (κ3) is 2.00. The molecule has 3 rings (SSSR count). The molecule has 6 nitrogen and oxygen atoms in total. The summed E-state index contributed by atoms with van der Waals surface area (Å²) in [4.78, 5) is 13.1.